The molecule has 3 aromatic heterocycles. The number of aromatic nitrogens is 4. The third-order valence-electron chi connectivity index (χ3n) is 5.56. The summed E-state index contributed by atoms with van der Waals surface area (Å²) in [6, 6.07) is 8.34. The summed E-state index contributed by atoms with van der Waals surface area (Å²) < 4.78 is 1.97. The van der Waals surface area contributed by atoms with Crippen molar-refractivity contribution in [1.29, 1.82) is 0 Å². The summed E-state index contributed by atoms with van der Waals surface area (Å²) in [6.45, 7) is 7.72. The number of likely N-dealkylation sites (tertiary alicyclic amines) is 1. The minimum absolute atomic E-state index is 0.0730. The van der Waals surface area contributed by atoms with Gasteiger partial charge in [-0.2, -0.15) is 5.10 Å². The Balaban J connectivity index is 1.44. The maximum absolute atomic E-state index is 12.9. The predicted molar refractivity (Wildman–Crippen MR) is 106 cm³/mol. The molecule has 6 nitrogen and oxygen atoms in total. The lowest BCUT2D eigenvalue weighted by molar-refractivity contribution is -0.133. The van der Waals surface area contributed by atoms with E-state index in [9.17, 15) is 4.79 Å². The van der Waals surface area contributed by atoms with Crippen molar-refractivity contribution in [2.75, 3.05) is 13.1 Å². The Morgan fingerprint density at radius 1 is 1.37 bits per heavy atom. The van der Waals surface area contributed by atoms with Crippen LogP contribution in [-0.4, -0.2) is 43.6 Å². The molecule has 3 aromatic rings. The number of pyridine rings is 1. The maximum Gasteiger partial charge on any atom is 0.224 e. The van der Waals surface area contributed by atoms with Gasteiger partial charge in [0.2, 0.25) is 5.91 Å². The Kier molecular flexibility index (Phi) is 4.72. The van der Waals surface area contributed by atoms with E-state index in [4.69, 9.17) is 0 Å². The summed E-state index contributed by atoms with van der Waals surface area (Å²) in [7, 11) is 0. The monoisotopic (exact) mass is 365 g/mol. The number of rotatable bonds is 4. The molecule has 4 rings (SSSR count). The first-order chi connectivity index (χ1) is 13.0. The highest BCUT2D eigenvalue weighted by Crippen LogP contribution is 2.29. The Hall–Kier alpha value is -2.63. The zero-order valence-electron chi connectivity index (χ0n) is 16.3. The van der Waals surface area contributed by atoms with Crippen LogP contribution in [0.1, 0.15) is 55.2 Å². The van der Waals surface area contributed by atoms with Crippen molar-refractivity contribution in [2.24, 2.45) is 0 Å². The van der Waals surface area contributed by atoms with Crippen LogP contribution in [0.3, 0.4) is 0 Å². The quantitative estimate of drug-likeness (QED) is 0.766. The third kappa shape index (κ3) is 3.61. The Bertz CT molecular complexity index is 924. The molecule has 4 heterocycles. The van der Waals surface area contributed by atoms with Crippen LogP contribution in [0.5, 0.6) is 0 Å². The fourth-order valence-corrected chi connectivity index (χ4v) is 4.22. The number of carbonyl (C=O) groups is 1. The summed E-state index contributed by atoms with van der Waals surface area (Å²) >= 11 is 0. The van der Waals surface area contributed by atoms with Crippen LogP contribution in [0.2, 0.25) is 0 Å². The molecule has 1 aliphatic rings. The van der Waals surface area contributed by atoms with E-state index in [1.807, 2.05) is 29.5 Å². The first kappa shape index (κ1) is 17.8. The summed E-state index contributed by atoms with van der Waals surface area (Å²) in [6.07, 6.45) is 4.43. The molecule has 0 spiro atoms. The van der Waals surface area contributed by atoms with Crippen LogP contribution in [0, 0.1) is 13.8 Å². The molecule has 1 saturated heterocycles. The van der Waals surface area contributed by atoms with Crippen molar-refractivity contribution >= 4 is 16.9 Å². The normalized spacial score (nSPS) is 18.8. The smallest absolute Gasteiger partial charge is 0.224 e. The lowest BCUT2D eigenvalue weighted by Crippen LogP contribution is -2.40. The third-order valence-corrected chi connectivity index (χ3v) is 5.56. The van der Waals surface area contributed by atoms with Gasteiger partial charge >= 0.3 is 0 Å². The molecule has 142 valence electrons. The Morgan fingerprint density at radius 2 is 2.22 bits per heavy atom. The van der Waals surface area contributed by atoms with Crippen molar-refractivity contribution in [3.8, 4) is 0 Å². The Morgan fingerprint density at radius 3 is 2.96 bits per heavy atom. The number of nitrogens with one attached hydrogen (secondary N) is 1. The van der Waals surface area contributed by atoms with Crippen LogP contribution in [0.4, 0.5) is 0 Å². The second-order valence-corrected chi connectivity index (χ2v) is 7.77. The van der Waals surface area contributed by atoms with Crippen molar-refractivity contribution in [1.82, 2.24) is 24.6 Å². The number of carbonyl (C=O) groups excluding carboxylic acids is 1. The molecule has 0 aromatic carbocycles. The number of aryl methyl sites for hydroxylation is 2. The van der Waals surface area contributed by atoms with Gasteiger partial charge in [0.25, 0.3) is 0 Å². The molecular weight excluding hydrogens is 338 g/mol. The summed E-state index contributed by atoms with van der Waals surface area (Å²) in [5.41, 5.74) is 4.22. The van der Waals surface area contributed by atoms with Crippen molar-refractivity contribution < 1.29 is 4.79 Å². The van der Waals surface area contributed by atoms with E-state index in [0.29, 0.717) is 12.3 Å². The highest BCUT2D eigenvalue weighted by atomic mass is 16.2. The van der Waals surface area contributed by atoms with E-state index in [2.05, 4.69) is 40.2 Å². The van der Waals surface area contributed by atoms with E-state index >= 15 is 0 Å². The van der Waals surface area contributed by atoms with E-state index < -0.39 is 0 Å². The van der Waals surface area contributed by atoms with Gasteiger partial charge in [-0.3, -0.25) is 9.48 Å². The molecule has 2 atom stereocenters. The van der Waals surface area contributed by atoms with Gasteiger partial charge in [-0.1, -0.05) is 0 Å². The maximum atomic E-state index is 12.9. The minimum atomic E-state index is 0.0730. The molecule has 2 unspecified atom stereocenters. The molecule has 27 heavy (non-hydrogen) atoms. The van der Waals surface area contributed by atoms with Crippen LogP contribution in [-0.2, 0) is 4.79 Å². The summed E-state index contributed by atoms with van der Waals surface area (Å²) in [5.74, 6) is 0.565. The number of hydrogen-bond donors (Lipinski definition) is 1. The molecule has 1 aliphatic heterocycles. The molecule has 0 radical (unpaired) electrons. The topological polar surface area (TPSA) is 66.8 Å². The van der Waals surface area contributed by atoms with E-state index in [0.717, 1.165) is 48.4 Å². The van der Waals surface area contributed by atoms with Crippen molar-refractivity contribution in [3.05, 3.63) is 47.5 Å². The van der Waals surface area contributed by atoms with Gasteiger partial charge in [0.15, 0.2) is 0 Å². The van der Waals surface area contributed by atoms with Gasteiger partial charge in [0.05, 0.1) is 11.7 Å². The number of piperidine rings is 1. The minimum Gasteiger partial charge on any atom is -0.343 e. The average Bonchev–Trinajstić information content (AvgIpc) is 3.24. The molecular formula is C21H27N5O. The number of H-pyrrole nitrogens is 1. The highest BCUT2D eigenvalue weighted by Gasteiger charge is 2.27. The highest BCUT2D eigenvalue weighted by molar-refractivity contribution is 5.78. The molecule has 1 amide bonds. The molecule has 1 N–H and O–H groups in total. The number of aromatic amines is 1. The summed E-state index contributed by atoms with van der Waals surface area (Å²) in [5, 5.41) is 5.66. The SMILES string of the molecule is Cc1cc(C)n(C(C)CC(=O)N2CCCC(c3cc4cccnc4[nH]3)C2)n1. The van der Waals surface area contributed by atoms with Crippen molar-refractivity contribution in [3.63, 3.8) is 0 Å². The molecule has 6 heteroatoms. The summed E-state index contributed by atoms with van der Waals surface area (Å²) in [4.78, 5) is 22.8. The van der Waals surface area contributed by atoms with Gasteiger partial charge in [-0.25, -0.2) is 4.98 Å². The molecule has 1 fully saturated rings. The van der Waals surface area contributed by atoms with E-state index in [1.165, 1.54) is 5.69 Å². The van der Waals surface area contributed by atoms with Gasteiger partial charge < -0.3 is 9.88 Å². The second kappa shape index (κ2) is 7.18. The van der Waals surface area contributed by atoms with Gasteiger partial charge in [-0.15, -0.1) is 0 Å². The first-order valence-corrected chi connectivity index (χ1v) is 9.75. The van der Waals surface area contributed by atoms with Crippen molar-refractivity contribution in [2.45, 2.75) is 52.0 Å². The van der Waals surface area contributed by atoms with E-state index in [-0.39, 0.29) is 11.9 Å². The molecule has 0 bridgehead atoms. The lowest BCUT2D eigenvalue weighted by Gasteiger charge is -2.33. The predicted octanol–water partition coefficient (Wildman–Crippen LogP) is 3.73. The molecule has 0 aliphatic carbocycles. The van der Waals surface area contributed by atoms with Gasteiger partial charge in [-0.05, 0) is 57.9 Å². The Labute approximate surface area is 159 Å². The standard InChI is InChI=1S/C21H27N5O/c1-14-10-15(2)26(24-14)16(3)11-20(27)25-9-5-7-18(13-25)19-12-17-6-4-8-22-21(17)23-19/h4,6,8,10,12,16,18H,5,7,9,11,13H2,1-3H3,(H,22,23). The average molecular weight is 365 g/mol. The molecule has 0 saturated carbocycles. The first-order valence-electron chi connectivity index (χ1n) is 9.75. The largest absolute Gasteiger partial charge is 0.343 e. The number of fused-ring (bicyclic) bond motifs is 1. The van der Waals surface area contributed by atoms with Crippen LogP contribution in [0.15, 0.2) is 30.5 Å². The number of hydrogen-bond acceptors (Lipinski definition) is 3. The second-order valence-electron chi connectivity index (χ2n) is 7.77. The lowest BCUT2D eigenvalue weighted by atomic mass is 9.94. The fourth-order valence-electron chi connectivity index (χ4n) is 4.22. The zero-order valence-corrected chi connectivity index (χ0v) is 16.3. The van der Waals surface area contributed by atoms with Gasteiger partial charge in [0, 0.05) is 48.4 Å². The zero-order chi connectivity index (χ0) is 19.0. The number of amides is 1. The van der Waals surface area contributed by atoms with Crippen LogP contribution >= 0.6 is 0 Å². The van der Waals surface area contributed by atoms with Gasteiger partial charge in [0.1, 0.15) is 5.65 Å². The fraction of sp³-hybridized carbons (Fsp3) is 0.476. The number of nitrogens with zero attached hydrogens (tertiary/aromatic N) is 4. The van der Waals surface area contributed by atoms with Crippen LogP contribution < -0.4 is 0 Å². The van der Waals surface area contributed by atoms with Crippen LogP contribution in [0.25, 0.3) is 11.0 Å². The van der Waals surface area contributed by atoms with E-state index in [1.54, 1.807) is 6.20 Å².